The summed E-state index contributed by atoms with van der Waals surface area (Å²) >= 11 is 3.23. The monoisotopic (exact) mass is 226 g/mol. The van der Waals surface area contributed by atoms with Crippen molar-refractivity contribution in [2.75, 3.05) is 0 Å². The Kier molecular flexibility index (Phi) is 3.20. The first-order chi connectivity index (χ1) is 5.74. The molecule has 1 N–H and O–H groups in total. The smallest absolute Gasteiger partial charge is 0.0935 e. The Morgan fingerprint density at radius 1 is 1.67 bits per heavy atom. The normalized spacial score (nSPS) is 12.1. The molecule has 0 aliphatic heterocycles. The molecule has 62 valence electrons. The number of rotatable bonds is 2. The minimum Gasteiger partial charge on any atom is -0.387 e. The maximum atomic E-state index is 9.36. The summed E-state index contributed by atoms with van der Waals surface area (Å²) in [5.74, 6) is 0. The van der Waals surface area contributed by atoms with Crippen molar-refractivity contribution in [3.05, 3.63) is 28.5 Å². The van der Waals surface area contributed by atoms with Crippen molar-refractivity contribution in [1.29, 1.82) is 5.26 Å². The Bertz CT molecular complexity index is 308. The number of nitrogens with zero attached hydrogens (tertiary/aromatic N) is 2. The molecule has 1 aromatic heterocycles. The Hall–Kier alpha value is -0.920. The third-order valence-electron chi connectivity index (χ3n) is 1.40. The van der Waals surface area contributed by atoms with E-state index in [1.807, 2.05) is 6.07 Å². The highest BCUT2D eigenvalue weighted by Crippen LogP contribution is 2.18. The highest BCUT2D eigenvalue weighted by Gasteiger charge is 2.06. The molecule has 12 heavy (non-hydrogen) atoms. The van der Waals surface area contributed by atoms with Crippen LogP contribution in [0.15, 0.2) is 22.9 Å². The van der Waals surface area contributed by atoms with Crippen LogP contribution >= 0.6 is 15.9 Å². The van der Waals surface area contributed by atoms with Gasteiger partial charge >= 0.3 is 0 Å². The lowest BCUT2D eigenvalue weighted by Crippen LogP contribution is -1.96. The summed E-state index contributed by atoms with van der Waals surface area (Å²) in [6, 6.07) is 3.64. The van der Waals surface area contributed by atoms with Gasteiger partial charge in [-0.1, -0.05) is 0 Å². The van der Waals surface area contributed by atoms with Crippen molar-refractivity contribution in [3.8, 4) is 6.07 Å². The van der Waals surface area contributed by atoms with Crippen LogP contribution in [0.1, 0.15) is 18.1 Å². The molecule has 0 aliphatic rings. The second-order valence-electron chi connectivity index (χ2n) is 2.31. The van der Waals surface area contributed by atoms with E-state index in [0.717, 1.165) is 4.47 Å². The summed E-state index contributed by atoms with van der Waals surface area (Å²) in [4.78, 5) is 3.87. The molecule has 0 aliphatic carbocycles. The van der Waals surface area contributed by atoms with Gasteiger partial charge in [0.05, 0.1) is 18.6 Å². The van der Waals surface area contributed by atoms with Crippen molar-refractivity contribution < 1.29 is 5.11 Å². The van der Waals surface area contributed by atoms with Gasteiger partial charge in [0.25, 0.3) is 0 Å². The summed E-state index contributed by atoms with van der Waals surface area (Å²) < 4.78 is 0.803. The summed E-state index contributed by atoms with van der Waals surface area (Å²) in [5.41, 5.74) is 0.658. The van der Waals surface area contributed by atoms with Crippen LogP contribution in [-0.4, -0.2) is 10.1 Å². The van der Waals surface area contributed by atoms with Crippen LogP contribution in [0.3, 0.4) is 0 Å². The average molecular weight is 227 g/mol. The van der Waals surface area contributed by atoms with E-state index >= 15 is 0 Å². The van der Waals surface area contributed by atoms with Crippen LogP contribution in [0.4, 0.5) is 0 Å². The Labute approximate surface area is 78.8 Å². The van der Waals surface area contributed by atoms with Gasteiger partial charge in [0, 0.05) is 22.4 Å². The molecule has 1 unspecified atom stereocenters. The quantitative estimate of drug-likeness (QED) is 0.837. The molecule has 1 rings (SSSR count). The molecular formula is C8H7BrN2O. The van der Waals surface area contributed by atoms with Crippen LogP contribution in [0, 0.1) is 11.3 Å². The SMILES string of the molecule is N#CCC(O)c1cncc(Br)c1. The van der Waals surface area contributed by atoms with Crippen LogP contribution in [0.2, 0.25) is 0 Å². The van der Waals surface area contributed by atoms with Crippen molar-refractivity contribution in [1.82, 2.24) is 4.98 Å². The fraction of sp³-hybridized carbons (Fsp3) is 0.250. The number of halogens is 1. The number of aromatic nitrogens is 1. The molecule has 0 fully saturated rings. The Morgan fingerprint density at radius 2 is 2.42 bits per heavy atom. The topological polar surface area (TPSA) is 56.9 Å². The first-order valence-corrected chi connectivity index (χ1v) is 4.19. The highest BCUT2D eigenvalue weighted by atomic mass is 79.9. The van der Waals surface area contributed by atoms with Gasteiger partial charge in [0.1, 0.15) is 0 Å². The number of nitriles is 1. The lowest BCUT2D eigenvalue weighted by Gasteiger charge is -2.05. The number of pyridine rings is 1. The van der Waals surface area contributed by atoms with Crippen LogP contribution < -0.4 is 0 Å². The summed E-state index contributed by atoms with van der Waals surface area (Å²) in [6.07, 6.45) is 2.54. The molecule has 0 bridgehead atoms. The minimum atomic E-state index is -0.736. The molecule has 4 heteroatoms. The van der Waals surface area contributed by atoms with Gasteiger partial charge in [-0.2, -0.15) is 5.26 Å². The molecule has 1 atom stereocenters. The lowest BCUT2D eigenvalue weighted by molar-refractivity contribution is 0.183. The van der Waals surface area contributed by atoms with Crippen molar-refractivity contribution in [2.45, 2.75) is 12.5 Å². The van der Waals surface area contributed by atoms with Gasteiger partial charge in [0.15, 0.2) is 0 Å². The third kappa shape index (κ3) is 2.29. The van der Waals surface area contributed by atoms with E-state index in [0.29, 0.717) is 5.56 Å². The van der Waals surface area contributed by atoms with E-state index in [9.17, 15) is 5.11 Å². The first-order valence-electron chi connectivity index (χ1n) is 3.39. The second-order valence-corrected chi connectivity index (χ2v) is 3.23. The molecule has 1 aromatic rings. The predicted octanol–water partition coefficient (Wildman–Crippen LogP) is 1.79. The predicted molar refractivity (Wildman–Crippen MR) is 47.1 cm³/mol. The van der Waals surface area contributed by atoms with E-state index in [2.05, 4.69) is 20.9 Å². The number of hydrogen-bond donors (Lipinski definition) is 1. The number of aliphatic hydroxyl groups is 1. The fourth-order valence-electron chi connectivity index (χ4n) is 0.815. The van der Waals surface area contributed by atoms with Gasteiger partial charge < -0.3 is 5.11 Å². The van der Waals surface area contributed by atoms with Gasteiger partial charge in [-0.05, 0) is 22.0 Å². The maximum Gasteiger partial charge on any atom is 0.0935 e. The number of hydrogen-bond acceptors (Lipinski definition) is 3. The molecule has 3 nitrogen and oxygen atoms in total. The molecule has 0 saturated heterocycles. The standard InChI is InChI=1S/C8H7BrN2O/c9-7-3-6(4-11-5-7)8(12)1-2-10/h3-5,8,12H,1H2. The minimum absolute atomic E-state index is 0.0954. The second kappa shape index (κ2) is 4.19. The molecule has 0 radical (unpaired) electrons. The zero-order valence-electron chi connectivity index (χ0n) is 6.24. The third-order valence-corrected chi connectivity index (χ3v) is 1.83. The van der Waals surface area contributed by atoms with Crippen molar-refractivity contribution in [3.63, 3.8) is 0 Å². The van der Waals surface area contributed by atoms with Crippen molar-refractivity contribution in [2.24, 2.45) is 0 Å². The van der Waals surface area contributed by atoms with Crippen LogP contribution in [-0.2, 0) is 0 Å². The van der Waals surface area contributed by atoms with Crippen LogP contribution in [0.5, 0.6) is 0 Å². The lowest BCUT2D eigenvalue weighted by atomic mass is 10.1. The van der Waals surface area contributed by atoms with Gasteiger partial charge in [-0.25, -0.2) is 0 Å². The van der Waals surface area contributed by atoms with E-state index in [-0.39, 0.29) is 6.42 Å². The zero-order valence-corrected chi connectivity index (χ0v) is 7.82. The van der Waals surface area contributed by atoms with Gasteiger partial charge in [0.2, 0.25) is 0 Å². The van der Waals surface area contributed by atoms with E-state index in [1.165, 1.54) is 0 Å². The van der Waals surface area contributed by atoms with Gasteiger partial charge in [-0.15, -0.1) is 0 Å². The van der Waals surface area contributed by atoms with E-state index in [4.69, 9.17) is 5.26 Å². The first kappa shape index (κ1) is 9.17. The average Bonchev–Trinajstić information content (AvgIpc) is 2.05. The Balaban J connectivity index is 2.82. The van der Waals surface area contributed by atoms with Crippen LogP contribution in [0.25, 0.3) is 0 Å². The highest BCUT2D eigenvalue weighted by molar-refractivity contribution is 9.10. The summed E-state index contributed by atoms with van der Waals surface area (Å²) in [7, 11) is 0. The van der Waals surface area contributed by atoms with E-state index in [1.54, 1.807) is 18.5 Å². The summed E-state index contributed by atoms with van der Waals surface area (Å²) in [5, 5.41) is 17.7. The fourth-order valence-corrected chi connectivity index (χ4v) is 1.20. The van der Waals surface area contributed by atoms with E-state index < -0.39 is 6.10 Å². The molecule has 0 aromatic carbocycles. The van der Waals surface area contributed by atoms with Gasteiger partial charge in [-0.3, -0.25) is 4.98 Å². The largest absolute Gasteiger partial charge is 0.387 e. The summed E-state index contributed by atoms with van der Waals surface area (Å²) in [6.45, 7) is 0. The molecule has 1 heterocycles. The number of aliphatic hydroxyl groups excluding tert-OH is 1. The molecule has 0 saturated carbocycles. The zero-order chi connectivity index (χ0) is 8.97. The Morgan fingerprint density at radius 3 is 3.00 bits per heavy atom. The van der Waals surface area contributed by atoms with Crippen molar-refractivity contribution >= 4 is 15.9 Å². The molecule has 0 amide bonds. The molecular weight excluding hydrogens is 220 g/mol. The maximum absolute atomic E-state index is 9.36. The molecule has 0 spiro atoms.